The number of aromatic nitrogens is 2. The van der Waals surface area contributed by atoms with Crippen molar-refractivity contribution in [2.75, 3.05) is 44.7 Å². The molecule has 1 atom stereocenters. The maximum atomic E-state index is 14.2. The van der Waals surface area contributed by atoms with Crippen molar-refractivity contribution >= 4 is 11.6 Å². The number of nitrogens with one attached hydrogen (secondary N) is 1. The summed E-state index contributed by atoms with van der Waals surface area (Å²) in [7, 11) is 1.51. The van der Waals surface area contributed by atoms with E-state index in [2.05, 4.69) is 27.1 Å². The quantitative estimate of drug-likeness (QED) is 0.594. The minimum absolute atomic E-state index is 0.183. The highest BCUT2D eigenvalue weighted by molar-refractivity contribution is 5.95. The Hall–Kier alpha value is -3.39. The molecule has 2 heterocycles. The summed E-state index contributed by atoms with van der Waals surface area (Å²) in [6.45, 7) is 8.69. The number of nitrogens with zero attached hydrogens (tertiary/aromatic N) is 4. The van der Waals surface area contributed by atoms with Gasteiger partial charge in [-0.2, -0.15) is 5.10 Å². The van der Waals surface area contributed by atoms with Crippen molar-refractivity contribution in [3.05, 3.63) is 71.8 Å². The molecular formula is C25H30FN5O2. The lowest BCUT2D eigenvalue weighted by Gasteiger charge is -2.37. The van der Waals surface area contributed by atoms with Crippen LogP contribution in [0.25, 0.3) is 5.69 Å². The van der Waals surface area contributed by atoms with Crippen molar-refractivity contribution in [3.8, 4) is 11.4 Å². The molecule has 0 spiro atoms. The summed E-state index contributed by atoms with van der Waals surface area (Å²) >= 11 is 0. The Morgan fingerprint density at radius 2 is 1.88 bits per heavy atom. The van der Waals surface area contributed by atoms with Gasteiger partial charge in [0, 0.05) is 37.4 Å². The highest BCUT2D eigenvalue weighted by Gasteiger charge is 2.24. The highest BCUT2D eigenvalue weighted by atomic mass is 19.1. The van der Waals surface area contributed by atoms with Gasteiger partial charge in [-0.1, -0.05) is 25.1 Å². The second kappa shape index (κ2) is 10.0. The normalized spacial score (nSPS) is 15.3. The average molecular weight is 452 g/mol. The number of ether oxygens (including phenoxy) is 1. The highest BCUT2D eigenvalue weighted by Crippen LogP contribution is 2.29. The van der Waals surface area contributed by atoms with E-state index in [0.717, 1.165) is 49.7 Å². The third kappa shape index (κ3) is 5.01. The summed E-state index contributed by atoms with van der Waals surface area (Å²) in [5.41, 5.74) is 2.70. The lowest BCUT2D eigenvalue weighted by molar-refractivity contribution is 0.0931. The first-order valence-corrected chi connectivity index (χ1v) is 11.3. The van der Waals surface area contributed by atoms with Gasteiger partial charge in [-0.15, -0.1) is 0 Å². The van der Waals surface area contributed by atoms with Gasteiger partial charge in [-0.3, -0.25) is 4.79 Å². The Morgan fingerprint density at radius 3 is 2.55 bits per heavy atom. The number of carbonyl (C=O) groups is 1. The van der Waals surface area contributed by atoms with Gasteiger partial charge < -0.3 is 19.9 Å². The summed E-state index contributed by atoms with van der Waals surface area (Å²) in [5, 5.41) is 7.42. The summed E-state index contributed by atoms with van der Waals surface area (Å²) in [4.78, 5) is 17.8. The number of methoxy groups -OCH3 is 1. The monoisotopic (exact) mass is 451 g/mol. The van der Waals surface area contributed by atoms with Crippen LogP contribution in [0.5, 0.6) is 5.75 Å². The molecule has 1 N–H and O–H groups in total. The van der Waals surface area contributed by atoms with Crippen LogP contribution in [0.15, 0.2) is 54.7 Å². The van der Waals surface area contributed by atoms with E-state index < -0.39 is 6.04 Å². The van der Waals surface area contributed by atoms with E-state index in [-0.39, 0.29) is 17.4 Å². The third-order valence-corrected chi connectivity index (χ3v) is 6.10. The van der Waals surface area contributed by atoms with Gasteiger partial charge in [-0.25, -0.2) is 9.07 Å². The van der Waals surface area contributed by atoms with Crippen molar-refractivity contribution in [2.45, 2.75) is 19.9 Å². The van der Waals surface area contributed by atoms with Crippen LogP contribution < -0.4 is 15.0 Å². The fourth-order valence-corrected chi connectivity index (χ4v) is 4.19. The Kier molecular flexibility index (Phi) is 6.93. The van der Waals surface area contributed by atoms with Gasteiger partial charge >= 0.3 is 0 Å². The van der Waals surface area contributed by atoms with E-state index in [4.69, 9.17) is 4.74 Å². The molecule has 7 nitrogen and oxygen atoms in total. The molecule has 3 aromatic rings. The number of hydrogen-bond donors (Lipinski definition) is 1. The van der Waals surface area contributed by atoms with Crippen molar-refractivity contribution in [1.82, 2.24) is 20.0 Å². The van der Waals surface area contributed by atoms with Gasteiger partial charge in [0.1, 0.15) is 5.82 Å². The molecule has 1 aliphatic rings. The number of piperazine rings is 1. The van der Waals surface area contributed by atoms with E-state index in [1.807, 2.05) is 37.3 Å². The first-order chi connectivity index (χ1) is 16.0. The van der Waals surface area contributed by atoms with Crippen LogP contribution in [0.2, 0.25) is 0 Å². The van der Waals surface area contributed by atoms with Crippen LogP contribution in [0.3, 0.4) is 0 Å². The molecule has 0 radical (unpaired) electrons. The van der Waals surface area contributed by atoms with Crippen molar-refractivity contribution < 1.29 is 13.9 Å². The summed E-state index contributed by atoms with van der Waals surface area (Å²) < 4.78 is 21.2. The fourth-order valence-electron chi connectivity index (χ4n) is 4.19. The van der Waals surface area contributed by atoms with Crippen molar-refractivity contribution in [1.29, 1.82) is 0 Å². The first-order valence-electron chi connectivity index (χ1n) is 11.3. The number of rotatable bonds is 7. The van der Waals surface area contributed by atoms with Crippen LogP contribution in [-0.2, 0) is 0 Å². The minimum atomic E-state index is -0.418. The molecule has 0 bridgehead atoms. The van der Waals surface area contributed by atoms with Gasteiger partial charge in [0.25, 0.3) is 5.91 Å². The van der Waals surface area contributed by atoms with Crippen molar-refractivity contribution in [2.24, 2.45) is 0 Å². The number of hydrogen-bond acceptors (Lipinski definition) is 5. The van der Waals surface area contributed by atoms with Gasteiger partial charge in [0.15, 0.2) is 11.4 Å². The van der Waals surface area contributed by atoms with E-state index in [9.17, 15) is 9.18 Å². The molecule has 0 saturated carbocycles. The standard InChI is InChI=1S/C25H30FN5O2/c1-4-29-12-14-30(15-13-29)22-11-10-19(26)16-21(22)18(2)27-25(32)24-23(33-3)17-31(28-24)20-8-6-5-7-9-20/h5-11,16-18H,4,12-15H2,1-3H3,(H,27,32). The number of benzene rings is 2. The molecule has 8 heteroatoms. The topological polar surface area (TPSA) is 62.6 Å². The Morgan fingerprint density at radius 1 is 1.15 bits per heavy atom. The van der Waals surface area contributed by atoms with Crippen LogP contribution in [0.4, 0.5) is 10.1 Å². The molecule has 1 amide bonds. The lowest BCUT2D eigenvalue weighted by atomic mass is 10.0. The largest absolute Gasteiger partial charge is 0.493 e. The zero-order valence-electron chi connectivity index (χ0n) is 19.3. The second-order valence-electron chi connectivity index (χ2n) is 8.15. The fraction of sp³-hybridized carbons (Fsp3) is 0.360. The second-order valence-corrected chi connectivity index (χ2v) is 8.15. The van der Waals surface area contributed by atoms with Crippen LogP contribution in [0, 0.1) is 5.82 Å². The smallest absolute Gasteiger partial charge is 0.276 e. The Bertz CT molecular complexity index is 1090. The maximum Gasteiger partial charge on any atom is 0.276 e. The predicted molar refractivity (Wildman–Crippen MR) is 127 cm³/mol. The van der Waals surface area contributed by atoms with Crippen molar-refractivity contribution in [3.63, 3.8) is 0 Å². The average Bonchev–Trinajstić information content (AvgIpc) is 3.29. The van der Waals surface area contributed by atoms with Crippen LogP contribution in [-0.4, -0.2) is 60.4 Å². The summed E-state index contributed by atoms with van der Waals surface area (Å²) in [6, 6.07) is 13.9. The number of halogens is 1. The Labute approximate surface area is 193 Å². The first kappa shape index (κ1) is 22.8. The van der Waals surface area contributed by atoms with Gasteiger partial charge in [-0.05, 0) is 43.8 Å². The number of carbonyl (C=O) groups excluding carboxylic acids is 1. The SMILES string of the molecule is CCN1CCN(c2ccc(F)cc2C(C)NC(=O)c2nn(-c3ccccc3)cc2OC)CC1. The zero-order chi connectivity index (χ0) is 23.4. The Balaban J connectivity index is 1.55. The van der Waals surface area contributed by atoms with E-state index in [1.54, 1.807) is 16.9 Å². The van der Waals surface area contributed by atoms with Gasteiger partial charge in [0.2, 0.25) is 0 Å². The molecule has 2 aromatic carbocycles. The molecule has 1 aliphatic heterocycles. The molecule has 4 rings (SSSR count). The summed E-state index contributed by atoms with van der Waals surface area (Å²) in [5.74, 6) is -0.327. The molecule has 1 unspecified atom stereocenters. The number of anilines is 1. The minimum Gasteiger partial charge on any atom is -0.493 e. The van der Waals surface area contributed by atoms with E-state index in [1.165, 1.54) is 19.2 Å². The van der Waals surface area contributed by atoms with E-state index in [0.29, 0.717) is 5.75 Å². The third-order valence-electron chi connectivity index (χ3n) is 6.10. The lowest BCUT2D eigenvalue weighted by Crippen LogP contribution is -2.46. The number of para-hydroxylation sites is 1. The number of likely N-dealkylation sites (N-methyl/N-ethyl adjacent to an activating group) is 1. The predicted octanol–water partition coefficient (Wildman–Crippen LogP) is 3.65. The molecule has 1 saturated heterocycles. The van der Waals surface area contributed by atoms with Gasteiger partial charge in [0.05, 0.1) is 25.0 Å². The summed E-state index contributed by atoms with van der Waals surface area (Å²) in [6.07, 6.45) is 1.68. The molecule has 33 heavy (non-hydrogen) atoms. The van der Waals surface area contributed by atoms with E-state index >= 15 is 0 Å². The molecule has 174 valence electrons. The molecule has 0 aliphatic carbocycles. The molecular weight excluding hydrogens is 421 g/mol. The van der Waals surface area contributed by atoms with Crippen LogP contribution >= 0.6 is 0 Å². The zero-order valence-corrected chi connectivity index (χ0v) is 19.3. The maximum absolute atomic E-state index is 14.2. The number of amides is 1. The molecule has 1 aromatic heterocycles. The van der Waals surface area contributed by atoms with Crippen LogP contribution in [0.1, 0.15) is 35.9 Å². The molecule has 1 fully saturated rings.